The van der Waals surface area contributed by atoms with Crippen molar-refractivity contribution < 1.29 is 23.8 Å². The van der Waals surface area contributed by atoms with Crippen LogP contribution < -0.4 is 5.32 Å². The molecule has 1 fully saturated rings. The van der Waals surface area contributed by atoms with E-state index in [1.54, 1.807) is 24.4 Å². The molecule has 0 unspecified atom stereocenters. The maximum absolute atomic E-state index is 13.3. The molecule has 2 heterocycles. The molecule has 0 bridgehead atoms. The predicted molar refractivity (Wildman–Crippen MR) is 111 cm³/mol. The summed E-state index contributed by atoms with van der Waals surface area (Å²) in [5.41, 5.74) is 1.57. The second kappa shape index (κ2) is 9.96. The summed E-state index contributed by atoms with van der Waals surface area (Å²) < 4.78 is 18.4. The molecule has 0 spiro atoms. The molecule has 1 saturated heterocycles. The molecule has 156 valence electrons. The van der Waals surface area contributed by atoms with E-state index in [4.69, 9.17) is 4.74 Å². The molecule has 1 amide bonds. The number of esters is 1. The minimum Gasteiger partial charge on any atom is -0.462 e. The van der Waals surface area contributed by atoms with Gasteiger partial charge in [0.25, 0.3) is 0 Å². The number of aliphatic hydroxyl groups excluding tert-OH is 1. The number of likely N-dealkylation sites (tertiary alicyclic amines) is 1. The largest absolute Gasteiger partial charge is 0.462 e. The van der Waals surface area contributed by atoms with E-state index in [1.165, 1.54) is 23.5 Å². The number of thiophene rings is 1. The lowest BCUT2D eigenvalue weighted by atomic mass is 9.98. The molecule has 1 aliphatic heterocycles. The van der Waals surface area contributed by atoms with E-state index in [9.17, 15) is 19.1 Å². The monoisotopic (exact) mass is 420 g/mol. The van der Waals surface area contributed by atoms with E-state index < -0.39 is 5.97 Å². The van der Waals surface area contributed by atoms with Crippen LogP contribution in [0.15, 0.2) is 29.6 Å². The zero-order chi connectivity index (χ0) is 20.8. The standard InChI is InChI=1S/C21H25FN2O4S/c1-2-28-21(27)19-17(15-3-5-16(22)6-4-15)13-29-20(19)23-18(26)11-24-9-7-14(12-25)8-10-24/h3-6,13-14,25H,2,7-12H2,1H3,(H,23,26). The maximum Gasteiger partial charge on any atom is 0.341 e. The third-order valence-electron chi connectivity index (χ3n) is 5.01. The van der Waals surface area contributed by atoms with Crippen LogP contribution in [0.4, 0.5) is 9.39 Å². The average Bonchev–Trinajstić information content (AvgIpc) is 3.12. The predicted octanol–water partition coefficient (Wildman–Crippen LogP) is 3.37. The van der Waals surface area contributed by atoms with E-state index in [2.05, 4.69) is 5.32 Å². The molecule has 3 rings (SSSR count). The van der Waals surface area contributed by atoms with Crippen molar-refractivity contribution in [3.8, 4) is 11.1 Å². The zero-order valence-corrected chi connectivity index (χ0v) is 17.1. The summed E-state index contributed by atoms with van der Waals surface area (Å²) in [4.78, 5) is 27.2. The Morgan fingerprint density at radius 3 is 2.59 bits per heavy atom. The van der Waals surface area contributed by atoms with E-state index >= 15 is 0 Å². The van der Waals surface area contributed by atoms with Gasteiger partial charge in [-0.05, 0) is 56.5 Å². The number of piperidine rings is 1. The summed E-state index contributed by atoms with van der Waals surface area (Å²) in [6.45, 7) is 3.86. The van der Waals surface area contributed by atoms with Gasteiger partial charge in [0.1, 0.15) is 16.4 Å². The summed E-state index contributed by atoms with van der Waals surface area (Å²) in [5.74, 6) is -0.780. The quantitative estimate of drug-likeness (QED) is 0.672. The highest BCUT2D eigenvalue weighted by atomic mass is 32.1. The van der Waals surface area contributed by atoms with Gasteiger partial charge in [0.15, 0.2) is 0 Å². The highest BCUT2D eigenvalue weighted by Gasteiger charge is 2.24. The minimum atomic E-state index is -0.521. The van der Waals surface area contributed by atoms with Crippen LogP contribution in [0.25, 0.3) is 11.1 Å². The normalized spacial score (nSPS) is 15.3. The Hall–Kier alpha value is -2.29. The number of ether oxygens (including phenoxy) is 1. The first kappa shape index (κ1) is 21.4. The number of nitrogens with one attached hydrogen (secondary N) is 1. The lowest BCUT2D eigenvalue weighted by Gasteiger charge is -2.30. The van der Waals surface area contributed by atoms with Crippen LogP contribution in [0.2, 0.25) is 0 Å². The van der Waals surface area contributed by atoms with Gasteiger partial charge in [-0.1, -0.05) is 12.1 Å². The molecule has 8 heteroatoms. The third-order valence-corrected chi connectivity index (χ3v) is 5.91. The molecule has 1 aromatic carbocycles. The number of hydrogen-bond donors (Lipinski definition) is 2. The van der Waals surface area contributed by atoms with Gasteiger partial charge in [-0.25, -0.2) is 9.18 Å². The Kier molecular flexibility index (Phi) is 7.35. The van der Waals surface area contributed by atoms with Gasteiger partial charge in [-0.15, -0.1) is 11.3 Å². The molecule has 1 aromatic heterocycles. The Bertz CT molecular complexity index is 845. The van der Waals surface area contributed by atoms with Crippen LogP contribution in [0, 0.1) is 11.7 Å². The van der Waals surface area contributed by atoms with Crippen LogP contribution >= 0.6 is 11.3 Å². The maximum atomic E-state index is 13.3. The van der Waals surface area contributed by atoms with Crippen molar-refractivity contribution in [3.05, 3.63) is 41.0 Å². The van der Waals surface area contributed by atoms with Crippen molar-refractivity contribution in [1.29, 1.82) is 0 Å². The number of amides is 1. The molecule has 6 nitrogen and oxygen atoms in total. The first-order valence-corrected chi connectivity index (χ1v) is 10.6. The summed E-state index contributed by atoms with van der Waals surface area (Å²) in [6.07, 6.45) is 1.73. The third kappa shape index (κ3) is 5.41. The fourth-order valence-corrected chi connectivity index (χ4v) is 4.37. The number of nitrogens with zero attached hydrogens (tertiary/aromatic N) is 1. The van der Waals surface area contributed by atoms with Gasteiger partial charge in [0, 0.05) is 17.6 Å². The molecule has 0 saturated carbocycles. The van der Waals surface area contributed by atoms with Gasteiger partial charge in [0.05, 0.1) is 13.2 Å². The fourth-order valence-electron chi connectivity index (χ4n) is 3.39. The lowest BCUT2D eigenvalue weighted by Crippen LogP contribution is -2.39. The van der Waals surface area contributed by atoms with E-state index in [-0.39, 0.29) is 37.0 Å². The van der Waals surface area contributed by atoms with Crippen molar-refractivity contribution in [2.45, 2.75) is 19.8 Å². The Labute approximate surface area is 173 Å². The van der Waals surface area contributed by atoms with E-state index in [0.717, 1.165) is 25.9 Å². The van der Waals surface area contributed by atoms with Gasteiger partial charge in [-0.3, -0.25) is 9.69 Å². The number of carbonyl (C=O) groups excluding carboxylic acids is 2. The topological polar surface area (TPSA) is 78.9 Å². The Morgan fingerprint density at radius 1 is 1.28 bits per heavy atom. The van der Waals surface area contributed by atoms with Crippen LogP contribution in [0.5, 0.6) is 0 Å². The van der Waals surface area contributed by atoms with E-state index in [0.29, 0.717) is 22.0 Å². The number of halogens is 1. The highest BCUT2D eigenvalue weighted by molar-refractivity contribution is 7.15. The second-order valence-corrected chi connectivity index (χ2v) is 7.91. The molecule has 0 radical (unpaired) electrons. The van der Waals surface area contributed by atoms with Gasteiger partial charge in [-0.2, -0.15) is 0 Å². The fraction of sp³-hybridized carbons (Fsp3) is 0.429. The van der Waals surface area contributed by atoms with Crippen LogP contribution in [0.1, 0.15) is 30.1 Å². The van der Waals surface area contributed by atoms with Crippen molar-refractivity contribution in [3.63, 3.8) is 0 Å². The van der Waals surface area contributed by atoms with Crippen molar-refractivity contribution >= 4 is 28.2 Å². The van der Waals surface area contributed by atoms with Gasteiger partial charge < -0.3 is 15.2 Å². The number of aliphatic hydroxyl groups is 1. The summed E-state index contributed by atoms with van der Waals surface area (Å²) >= 11 is 1.25. The molecule has 29 heavy (non-hydrogen) atoms. The van der Waals surface area contributed by atoms with E-state index in [1.807, 2.05) is 4.90 Å². The van der Waals surface area contributed by atoms with Crippen molar-refractivity contribution in [2.75, 3.05) is 38.2 Å². The first-order valence-electron chi connectivity index (χ1n) is 9.69. The molecular formula is C21H25FN2O4S. The van der Waals surface area contributed by atoms with Gasteiger partial charge >= 0.3 is 5.97 Å². The number of benzene rings is 1. The van der Waals surface area contributed by atoms with Crippen molar-refractivity contribution in [2.24, 2.45) is 5.92 Å². The second-order valence-electron chi connectivity index (χ2n) is 7.03. The highest BCUT2D eigenvalue weighted by Crippen LogP contribution is 2.36. The summed E-state index contributed by atoms with van der Waals surface area (Å²) in [7, 11) is 0. The molecule has 0 aliphatic carbocycles. The van der Waals surface area contributed by atoms with Gasteiger partial charge in [0.2, 0.25) is 5.91 Å². The Morgan fingerprint density at radius 2 is 1.97 bits per heavy atom. The number of anilines is 1. The minimum absolute atomic E-state index is 0.185. The number of hydrogen-bond acceptors (Lipinski definition) is 6. The van der Waals surface area contributed by atoms with Crippen molar-refractivity contribution in [1.82, 2.24) is 4.90 Å². The lowest BCUT2D eigenvalue weighted by molar-refractivity contribution is -0.117. The smallest absolute Gasteiger partial charge is 0.341 e. The molecule has 2 N–H and O–H groups in total. The zero-order valence-electron chi connectivity index (χ0n) is 16.3. The number of rotatable bonds is 7. The van der Waals surface area contributed by atoms with Crippen LogP contribution in [-0.2, 0) is 9.53 Å². The molecule has 1 aliphatic rings. The summed E-state index contributed by atoms with van der Waals surface area (Å²) in [5, 5.41) is 14.3. The van der Waals surface area contributed by atoms with Crippen LogP contribution in [0.3, 0.4) is 0 Å². The molecule has 2 aromatic rings. The molecule has 0 atom stereocenters. The average molecular weight is 421 g/mol. The first-order chi connectivity index (χ1) is 14.0. The van der Waals surface area contributed by atoms with Crippen LogP contribution in [-0.4, -0.2) is 54.7 Å². The summed E-state index contributed by atoms with van der Waals surface area (Å²) in [6, 6.07) is 5.85. The Balaban J connectivity index is 1.75. The SMILES string of the molecule is CCOC(=O)c1c(-c2ccc(F)cc2)csc1NC(=O)CN1CCC(CO)CC1. The number of carbonyl (C=O) groups is 2. The molecular weight excluding hydrogens is 395 g/mol.